The van der Waals surface area contributed by atoms with Crippen molar-refractivity contribution in [3.8, 4) is 0 Å². The molecule has 0 radical (unpaired) electrons. The molecule has 1 amide bonds. The predicted molar refractivity (Wildman–Crippen MR) is 119 cm³/mol. The Hall–Kier alpha value is -2.74. The topological polar surface area (TPSA) is 127 Å². The Balaban J connectivity index is 1.66. The van der Waals surface area contributed by atoms with Crippen molar-refractivity contribution in [2.45, 2.75) is 51.4 Å². The summed E-state index contributed by atoms with van der Waals surface area (Å²) >= 11 is 0. The Labute approximate surface area is 181 Å². The molecular weight excluding hydrogens is 394 g/mol. The van der Waals surface area contributed by atoms with Crippen LogP contribution in [0.25, 0.3) is 11.0 Å². The second-order valence-corrected chi connectivity index (χ2v) is 8.87. The maximum absolute atomic E-state index is 13.2. The third-order valence-corrected chi connectivity index (χ3v) is 6.88. The molecule has 0 spiro atoms. The molecule has 0 atom stereocenters. The van der Waals surface area contributed by atoms with Crippen LogP contribution in [0.15, 0.2) is 23.0 Å². The molecule has 1 aromatic heterocycles. The number of hydrogen-bond acceptors (Lipinski definition) is 5. The molecule has 1 aromatic carbocycles. The third kappa shape index (κ3) is 4.35. The first kappa shape index (κ1) is 21.5. The van der Waals surface area contributed by atoms with E-state index in [0.29, 0.717) is 41.4 Å². The smallest absolute Gasteiger partial charge is 0.321 e. The summed E-state index contributed by atoms with van der Waals surface area (Å²) in [6.45, 7) is 1.54. The summed E-state index contributed by atoms with van der Waals surface area (Å²) in [5, 5.41) is 17.9. The summed E-state index contributed by atoms with van der Waals surface area (Å²) in [4.78, 5) is 30.2. The van der Waals surface area contributed by atoms with E-state index in [2.05, 4.69) is 4.98 Å². The Morgan fingerprint density at radius 1 is 1.19 bits per heavy atom. The number of benzene rings is 1. The second kappa shape index (κ2) is 9.18. The van der Waals surface area contributed by atoms with Crippen LogP contribution in [-0.2, 0) is 0 Å². The number of nitrogens with one attached hydrogen (secondary N) is 2. The van der Waals surface area contributed by atoms with Gasteiger partial charge in [0, 0.05) is 31.2 Å². The van der Waals surface area contributed by atoms with Crippen molar-refractivity contribution in [3.63, 3.8) is 0 Å². The van der Waals surface area contributed by atoms with Crippen molar-refractivity contribution < 1.29 is 14.5 Å². The zero-order valence-corrected chi connectivity index (χ0v) is 17.9. The molecule has 0 bridgehead atoms. The largest absolute Gasteiger partial charge is 0.396 e. The van der Waals surface area contributed by atoms with E-state index in [1.54, 1.807) is 18.2 Å². The Kier molecular flexibility index (Phi) is 6.36. The van der Waals surface area contributed by atoms with Gasteiger partial charge in [-0.3, -0.25) is 9.59 Å². The summed E-state index contributed by atoms with van der Waals surface area (Å²) in [5.41, 5.74) is 7.40. The van der Waals surface area contributed by atoms with E-state index in [1.807, 2.05) is 4.90 Å². The molecule has 2 heterocycles. The minimum Gasteiger partial charge on any atom is -0.396 e. The van der Waals surface area contributed by atoms with Gasteiger partial charge in [-0.05, 0) is 56.2 Å². The van der Waals surface area contributed by atoms with Gasteiger partial charge in [0.1, 0.15) is 5.52 Å². The minimum atomic E-state index is -0.418. The number of nitrogens with zero attached hydrogens (tertiary/aromatic N) is 2. The maximum atomic E-state index is 13.2. The van der Waals surface area contributed by atoms with Crippen molar-refractivity contribution >= 4 is 28.6 Å². The van der Waals surface area contributed by atoms with Crippen LogP contribution in [0.4, 0.5) is 5.82 Å². The number of aromatic amines is 1. The molecule has 1 saturated heterocycles. The third-order valence-electron chi connectivity index (χ3n) is 6.88. The molecule has 8 heteroatoms. The van der Waals surface area contributed by atoms with Gasteiger partial charge < -0.3 is 20.7 Å². The fourth-order valence-corrected chi connectivity index (χ4v) is 4.98. The lowest BCUT2D eigenvalue weighted by molar-refractivity contribution is -0.517. The first-order valence-electron chi connectivity index (χ1n) is 11.4. The summed E-state index contributed by atoms with van der Waals surface area (Å²) in [7, 11) is 0. The number of carbonyl (C=O) groups is 1. The van der Waals surface area contributed by atoms with Gasteiger partial charge in [-0.2, -0.15) is 9.98 Å². The van der Waals surface area contributed by atoms with Gasteiger partial charge in [0.05, 0.1) is 5.52 Å². The van der Waals surface area contributed by atoms with E-state index in [-0.39, 0.29) is 24.2 Å². The molecule has 1 aliphatic carbocycles. The molecule has 1 aliphatic heterocycles. The molecule has 0 unspecified atom stereocenters. The molecule has 2 aliphatic rings. The number of amides is 1. The summed E-state index contributed by atoms with van der Waals surface area (Å²) < 4.78 is 1.54. The van der Waals surface area contributed by atoms with E-state index >= 15 is 0 Å². The molecule has 2 aromatic rings. The van der Waals surface area contributed by atoms with Crippen LogP contribution in [0.1, 0.15) is 61.7 Å². The molecule has 8 nitrogen and oxygen atoms in total. The molecule has 166 valence electrons. The lowest BCUT2D eigenvalue weighted by atomic mass is 9.88. The fourth-order valence-electron chi connectivity index (χ4n) is 4.98. The standard InChI is InChI=1S/C23H31N5O3/c24-20(16-4-2-1-3-5-16)28-19-14-17(6-7-18(19)26-22(30)21(28)25)23(31)27-11-8-15(9-12-27)10-13-29/h6-7,14-16,24-25,29H,1-5,8-13H2,(H,26,30,31)/p+1. The number of anilines is 1. The summed E-state index contributed by atoms with van der Waals surface area (Å²) in [6, 6.07) is 5.21. The van der Waals surface area contributed by atoms with Crippen LogP contribution in [0.2, 0.25) is 0 Å². The Morgan fingerprint density at radius 2 is 1.90 bits per heavy atom. The van der Waals surface area contributed by atoms with Crippen molar-refractivity contribution in [1.29, 1.82) is 5.41 Å². The van der Waals surface area contributed by atoms with Crippen molar-refractivity contribution in [2.24, 2.45) is 11.8 Å². The highest BCUT2D eigenvalue weighted by molar-refractivity contribution is 5.97. The van der Waals surface area contributed by atoms with E-state index in [9.17, 15) is 9.59 Å². The highest BCUT2D eigenvalue weighted by atomic mass is 16.3. The molecule has 5 N–H and O–H groups in total. The average molecular weight is 427 g/mol. The number of piperidine rings is 1. The van der Waals surface area contributed by atoms with Gasteiger partial charge in [0.15, 0.2) is 0 Å². The number of rotatable bonds is 4. The molecular formula is C23H32N5O3+. The monoisotopic (exact) mass is 426 g/mol. The predicted octanol–water partition coefficient (Wildman–Crippen LogP) is 2.04. The average Bonchev–Trinajstić information content (AvgIpc) is 2.80. The first-order chi connectivity index (χ1) is 15.0. The number of carbonyl (C=O) groups excluding carboxylic acids is 1. The molecule has 31 heavy (non-hydrogen) atoms. The number of likely N-dealkylation sites (tertiary alicyclic amines) is 1. The van der Waals surface area contributed by atoms with Gasteiger partial charge >= 0.3 is 5.56 Å². The molecule has 1 saturated carbocycles. The SMILES string of the molecule is N=C(C1CCCCC1)[n+]1c(N)c(=O)[nH]c2ccc(C(=O)N3CCC(CCO)CC3)cc21. The van der Waals surface area contributed by atoms with Crippen molar-refractivity contribution in [3.05, 3.63) is 34.1 Å². The van der Waals surface area contributed by atoms with Crippen LogP contribution in [0, 0.1) is 17.2 Å². The highest BCUT2D eigenvalue weighted by Gasteiger charge is 2.29. The second-order valence-electron chi connectivity index (χ2n) is 8.87. The van der Waals surface area contributed by atoms with Crippen molar-refractivity contribution in [2.75, 3.05) is 25.4 Å². The van der Waals surface area contributed by atoms with Gasteiger partial charge in [0.2, 0.25) is 5.84 Å². The number of aliphatic hydroxyl groups is 1. The number of nitrogens with two attached hydrogens (primary N) is 1. The van der Waals surface area contributed by atoms with Crippen molar-refractivity contribution in [1.82, 2.24) is 9.88 Å². The summed E-state index contributed by atoms with van der Waals surface area (Å²) in [5.74, 6) is 0.801. The number of hydrogen-bond donors (Lipinski definition) is 4. The number of H-pyrrole nitrogens is 1. The van der Waals surface area contributed by atoms with Crippen LogP contribution in [0.3, 0.4) is 0 Å². The quantitative estimate of drug-likeness (QED) is 0.339. The lowest BCUT2D eigenvalue weighted by Crippen LogP contribution is -2.53. The van der Waals surface area contributed by atoms with E-state index in [0.717, 1.165) is 44.9 Å². The molecule has 2 fully saturated rings. The van der Waals surface area contributed by atoms with E-state index in [4.69, 9.17) is 16.2 Å². The van der Waals surface area contributed by atoms with Crippen LogP contribution in [0.5, 0.6) is 0 Å². The van der Waals surface area contributed by atoms with Gasteiger partial charge in [0.25, 0.3) is 11.7 Å². The zero-order chi connectivity index (χ0) is 22.0. The number of nitrogen functional groups attached to an aromatic ring is 1. The lowest BCUT2D eigenvalue weighted by Gasteiger charge is -2.31. The summed E-state index contributed by atoms with van der Waals surface area (Å²) in [6.07, 6.45) is 7.73. The zero-order valence-electron chi connectivity index (χ0n) is 17.9. The minimum absolute atomic E-state index is 0.0162. The first-order valence-corrected chi connectivity index (χ1v) is 11.4. The highest BCUT2D eigenvalue weighted by Crippen LogP contribution is 2.25. The van der Waals surface area contributed by atoms with Crippen LogP contribution < -0.4 is 15.9 Å². The normalized spacial score (nSPS) is 18.4. The van der Waals surface area contributed by atoms with Gasteiger partial charge in [-0.25, -0.2) is 0 Å². The number of aliphatic hydroxyl groups excluding tert-OH is 1. The number of aromatic nitrogens is 2. The van der Waals surface area contributed by atoms with Crippen LogP contribution in [-0.4, -0.2) is 46.4 Å². The molecule has 4 rings (SSSR count). The fraction of sp³-hybridized carbons (Fsp3) is 0.565. The number of fused-ring (bicyclic) bond motifs is 1. The maximum Gasteiger partial charge on any atom is 0.321 e. The van der Waals surface area contributed by atoms with E-state index in [1.165, 1.54) is 11.0 Å². The Morgan fingerprint density at radius 3 is 2.58 bits per heavy atom. The van der Waals surface area contributed by atoms with Gasteiger partial charge in [-0.1, -0.05) is 19.3 Å². The van der Waals surface area contributed by atoms with Crippen LogP contribution >= 0.6 is 0 Å². The van der Waals surface area contributed by atoms with Gasteiger partial charge in [-0.15, -0.1) is 0 Å². The van der Waals surface area contributed by atoms with E-state index < -0.39 is 5.56 Å². The Bertz CT molecular complexity index is 1030.